The lowest BCUT2D eigenvalue weighted by Crippen LogP contribution is -2.13. The Balaban J connectivity index is 1.78. The van der Waals surface area contributed by atoms with Crippen molar-refractivity contribution in [3.8, 4) is 0 Å². The smallest absolute Gasteiger partial charge is 0.195 e. The van der Waals surface area contributed by atoms with Crippen LogP contribution < -0.4 is 0 Å². The van der Waals surface area contributed by atoms with Crippen molar-refractivity contribution in [1.29, 1.82) is 0 Å². The van der Waals surface area contributed by atoms with E-state index in [0.29, 0.717) is 0 Å². The Morgan fingerprint density at radius 2 is 2.27 bits per heavy atom. The van der Waals surface area contributed by atoms with Crippen LogP contribution in [0.25, 0.3) is 5.65 Å². The monoisotopic (exact) mass is 219 g/mol. The number of nitrogens with zero attached hydrogens (tertiary/aromatic N) is 3. The van der Waals surface area contributed by atoms with E-state index >= 15 is 0 Å². The molecular weight excluding hydrogens is 206 g/mol. The van der Waals surface area contributed by atoms with Crippen LogP contribution >= 0.6 is 11.8 Å². The van der Waals surface area contributed by atoms with Gasteiger partial charge in [-0.05, 0) is 30.9 Å². The van der Waals surface area contributed by atoms with Crippen LogP contribution in [0.2, 0.25) is 0 Å². The fourth-order valence-electron chi connectivity index (χ4n) is 1.77. The van der Waals surface area contributed by atoms with E-state index in [0.717, 1.165) is 16.7 Å². The van der Waals surface area contributed by atoms with Crippen LogP contribution in [0.15, 0.2) is 29.6 Å². The number of hydrogen-bond acceptors (Lipinski definition) is 3. The molecule has 0 N–H and O–H groups in total. The number of aromatic nitrogens is 3. The topological polar surface area (TPSA) is 30.2 Å². The summed E-state index contributed by atoms with van der Waals surface area (Å²) in [5.41, 5.74) is 0.939. The second kappa shape index (κ2) is 3.85. The summed E-state index contributed by atoms with van der Waals surface area (Å²) in [5, 5.41) is 9.36. The molecule has 0 atom stereocenters. The molecule has 0 aliphatic heterocycles. The van der Waals surface area contributed by atoms with Gasteiger partial charge in [0.05, 0.1) is 0 Å². The lowest BCUT2D eigenvalue weighted by atomic mass is 9.87. The van der Waals surface area contributed by atoms with Crippen molar-refractivity contribution in [2.75, 3.05) is 5.75 Å². The van der Waals surface area contributed by atoms with Crippen molar-refractivity contribution >= 4 is 17.4 Å². The van der Waals surface area contributed by atoms with E-state index in [1.54, 1.807) is 0 Å². The Bertz CT molecular complexity index is 462. The van der Waals surface area contributed by atoms with Gasteiger partial charge in [0.15, 0.2) is 10.8 Å². The molecule has 2 aromatic rings. The second-order valence-corrected chi connectivity index (χ2v) is 5.01. The van der Waals surface area contributed by atoms with Crippen LogP contribution in [0.5, 0.6) is 0 Å². The predicted molar refractivity (Wildman–Crippen MR) is 61.1 cm³/mol. The SMILES string of the molecule is c1ccn2c(SCC3CCC3)nnc2c1. The summed E-state index contributed by atoms with van der Waals surface area (Å²) in [7, 11) is 0. The molecular formula is C11H13N3S. The van der Waals surface area contributed by atoms with Crippen LogP contribution in [0, 0.1) is 5.92 Å². The molecule has 78 valence electrons. The Hall–Kier alpha value is -1.03. The van der Waals surface area contributed by atoms with Crippen LogP contribution in [-0.4, -0.2) is 20.4 Å². The largest absolute Gasteiger partial charge is 0.277 e. The van der Waals surface area contributed by atoms with Gasteiger partial charge in [-0.3, -0.25) is 4.40 Å². The van der Waals surface area contributed by atoms with Crippen LogP contribution in [0.3, 0.4) is 0 Å². The molecule has 1 saturated carbocycles. The maximum absolute atomic E-state index is 4.20. The second-order valence-electron chi connectivity index (χ2n) is 4.02. The lowest BCUT2D eigenvalue weighted by molar-refractivity contribution is 0.353. The summed E-state index contributed by atoms with van der Waals surface area (Å²) >= 11 is 1.83. The molecule has 0 saturated heterocycles. The first-order valence-corrected chi connectivity index (χ1v) is 6.34. The van der Waals surface area contributed by atoms with Gasteiger partial charge in [-0.1, -0.05) is 24.2 Å². The van der Waals surface area contributed by atoms with Gasteiger partial charge in [0, 0.05) is 11.9 Å². The standard InChI is InChI=1S/C11H13N3S/c1-2-7-14-10(6-1)12-13-11(14)15-8-9-4-3-5-9/h1-2,6-7,9H,3-5,8H2. The first-order valence-electron chi connectivity index (χ1n) is 5.36. The van der Waals surface area contributed by atoms with Crippen LogP contribution in [0.4, 0.5) is 0 Å². The Morgan fingerprint density at radius 1 is 1.33 bits per heavy atom. The van der Waals surface area contributed by atoms with Crippen LogP contribution in [-0.2, 0) is 0 Å². The highest BCUT2D eigenvalue weighted by atomic mass is 32.2. The highest BCUT2D eigenvalue weighted by Gasteiger charge is 2.18. The van der Waals surface area contributed by atoms with E-state index < -0.39 is 0 Å². The van der Waals surface area contributed by atoms with E-state index in [1.165, 1.54) is 25.0 Å². The highest BCUT2D eigenvalue weighted by molar-refractivity contribution is 7.99. The van der Waals surface area contributed by atoms with E-state index in [-0.39, 0.29) is 0 Å². The fraction of sp³-hybridized carbons (Fsp3) is 0.455. The average molecular weight is 219 g/mol. The Morgan fingerprint density at radius 3 is 3.07 bits per heavy atom. The van der Waals surface area contributed by atoms with E-state index in [4.69, 9.17) is 0 Å². The van der Waals surface area contributed by atoms with E-state index in [9.17, 15) is 0 Å². The molecule has 1 aliphatic carbocycles. The van der Waals surface area contributed by atoms with Crippen molar-refractivity contribution in [3.63, 3.8) is 0 Å². The number of rotatable bonds is 3. The first-order chi connectivity index (χ1) is 7.43. The van der Waals surface area contributed by atoms with Crippen molar-refractivity contribution in [2.45, 2.75) is 24.4 Å². The molecule has 0 spiro atoms. The van der Waals surface area contributed by atoms with Gasteiger partial charge >= 0.3 is 0 Å². The third kappa shape index (κ3) is 1.74. The zero-order valence-corrected chi connectivity index (χ0v) is 9.28. The molecule has 0 bridgehead atoms. The van der Waals surface area contributed by atoms with Crippen molar-refractivity contribution < 1.29 is 0 Å². The van der Waals surface area contributed by atoms with Crippen molar-refractivity contribution in [1.82, 2.24) is 14.6 Å². The number of pyridine rings is 1. The van der Waals surface area contributed by atoms with Gasteiger partial charge in [0.1, 0.15) is 0 Å². The van der Waals surface area contributed by atoms with E-state index in [1.807, 2.05) is 36.2 Å². The minimum absolute atomic E-state index is 0.908. The summed E-state index contributed by atoms with van der Waals surface area (Å²) in [4.78, 5) is 0. The van der Waals surface area contributed by atoms with Gasteiger partial charge in [-0.2, -0.15) is 0 Å². The third-order valence-electron chi connectivity index (χ3n) is 2.96. The quantitative estimate of drug-likeness (QED) is 0.743. The highest BCUT2D eigenvalue weighted by Crippen LogP contribution is 2.31. The minimum atomic E-state index is 0.908. The zero-order valence-electron chi connectivity index (χ0n) is 8.47. The predicted octanol–water partition coefficient (Wildman–Crippen LogP) is 2.62. The normalized spacial score (nSPS) is 16.8. The van der Waals surface area contributed by atoms with Gasteiger partial charge < -0.3 is 0 Å². The van der Waals surface area contributed by atoms with Crippen molar-refractivity contribution in [2.24, 2.45) is 5.92 Å². The molecule has 15 heavy (non-hydrogen) atoms. The van der Waals surface area contributed by atoms with Crippen LogP contribution in [0.1, 0.15) is 19.3 Å². The number of hydrogen-bond donors (Lipinski definition) is 0. The molecule has 1 aliphatic rings. The average Bonchev–Trinajstić information content (AvgIpc) is 2.60. The maximum atomic E-state index is 4.20. The van der Waals surface area contributed by atoms with Gasteiger partial charge in [-0.15, -0.1) is 10.2 Å². The summed E-state index contributed by atoms with van der Waals surface area (Å²) in [5.74, 6) is 2.10. The molecule has 3 nitrogen and oxygen atoms in total. The minimum Gasteiger partial charge on any atom is -0.277 e. The molecule has 2 aromatic heterocycles. The third-order valence-corrected chi connectivity index (χ3v) is 4.13. The van der Waals surface area contributed by atoms with E-state index in [2.05, 4.69) is 14.6 Å². The lowest BCUT2D eigenvalue weighted by Gasteiger charge is -2.24. The molecule has 3 rings (SSSR count). The molecule has 0 unspecified atom stereocenters. The summed E-state index contributed by atoms with van der Waals surface area (Å²) in [6.45, 7) is 0. The van der Waals surface area contributed by atoms with Gasteiger partial charge in [0.2, 0.25) is 0 Å². The Kier molecular flexibility index (Phi) is 2.37. The summed E-state index contributed by atoms with van der Waals surface area (Å²) in [6, 6.07) is 5.99. The Labute approximate surface area is 92.9 Å². The number of fused-ring (bicyclic) bond motifs is 1. The maximum Gasteiger partial charge on any atom is 0.195 e. The zero-order chi connectivity index (χ0) is 10.1. The molecule has 0 amide bonds. The van der Waals surface area contributed by atoms with Crippen molar-refractivity contribution in [3.05, 3.63) is 24.4 Å². The van der Waals surface area contributed by atoms with Gasteiger partial charge in [-0.25, -0.2) is 0 Å². The fourth-order valence-corrected chi connectivity index (χ4v) is 2.88. The molecule has 1 fully saturated rings. The molecule has 2 heterocycles. The number of thioether (sulfide) groups is 1. The summed E-state index contributed by atoms with van der Waals surface area (Å²) < 4.78 is 2.06. The molecule has 4 heteroatoms. The molecule has 0 radical (unpaired) electrons. The first kappa shape index (κ1) is 9.21. The summed E-state index contributed by atoms with van der Waals surface area (Å²) in [6.07, 6.45) is 6.22. The van der Waals surface area contributed by atoms with Gasteiger partial charge in [0.25, 0.3) is 0 Å². The molecule has 0 aromatic carbocycles.